The molecule has 2 aliphatic rings. The summed E-state index contributed by atoms with van der Waals surface area (Å²) in [6.45, 7) is 4.38. The number of fused-ring (bicyclic) bond motifs is 3. The SMILES string of the molecule is CC(C)(CCC(=O)NC[C@@H]1C[C@H](C(=O)O)CO1)NC(=O)OCC1c2ccccc2-c2ccccc21. The number of carboxylic acid groups (broad SMARTS) is 1. The second-order valence-electron chi connectivity index (χ2n) is 9.86. The number of hydrogen-bond acceptors (Lipinski definition) is 5. The summed E-state index contributed by atoms with van der Waals surface area (Å²) in [6.07, 6.45) is 0.228. The van der Waals surface area contributed by atoms with Gasteiger partial charge in [-0.05, 0) is 48.9 Å². The molecule has 1 aliphatic heterocycles. The summed E-state index contributed by atoms with van der Waals surface area (Å²) in [6, 6.07) is 16.3. The van der Waals surface area contributed by atoms with Crippen LogP contribution in [-0.4, -0.2) is 54.5 Å². The molecule has 0 spiro atoms. The van der Waals surface area contributed by atoms with Gasteiger partial charge in [-0.1, -0.05) is 48.5 Å². The number of rotatable bonds is 9. The van der Waals surface area contributed by atoms with E-state index in [-0.39, 0.29) is 44.1 Å². The van der Waals surface area contributed by atoms with Crippen molar-refractivity contribution in [3.8, 4) is 11.1 Å². The fourth-order valence-corrected chi connectivity index (χ4v) is 4.74. The summed E-state index contributed by atoms with van der Waals surface area (Å²) in [5.41, 5.74) is 4.00. The molecule has 186 valence electrons. The highest BCUT2D eigenvalue weighted by Gasteiger charge is 2.32. The van der Waals surface area contributed by atoms with Crippen LogP contribution in [0.15, 0.2) is 48.5 Å². The van der Waals surface area contributed by atoms with E-state index in [9.17, 15) is 14.4 Å². The Morgan fingerprint density at radius 2 is 1.69 bits per heavy atom. The first-order valence-corrected chi connectivity index (χ1v) is 12.0. The minimum atomic E-state index is -0.875. The zero-order valence-corrected chi connectivity index (χ0v) is 20.1. The lowest BCUT2D eigenvalue weighted by molar-refractivity contribution is -0.141. The smallest absolute Gasteiger partial charge is 0.407 e. The highest BCUT2D eigenvalue weighted by molar-refractivity contribution is 5.79. The topological polar surface area (TPSA) is 114 Å². The number of hydrogen-bond donors (Lipinski definition) is 3. The van der Waals surface area contributed by atoms with E-state index in [1.54, 1.807) is 0 Å². The minimum absolute atomic E-state index is 0.0134. The normalized spacial score (nSPS) is 19.0. The van der Waals surface area contributed by atoms with Gasteiger partial charge in [0.05, 0.1) is 18.6 Å². The molecule has 2 amide bonds. The summed E-state index contributed by atoms with van der Waals surface area (Å²) >= 11 is 0. The van der Waals surface area contributed by atoms with Crippen molar-refractivity contribution < 1.29 is 29.0 Å². The standard InChI is InChI=1S/C27H32N2O6/c1-27(2,12-11-24(30)28-14-18-13-17(15-34-18)25(31)32)29-26(33)35-16-23-21-9-5-3-7-19(21)20-8-4-6-10-22(20)23/h3-10,17-18,23H,11-16H2,1-2H3,(H,28,30)(H,29,33)(H,31,32)/t17-,18-/m0/s1. The van der Waals surface area contributed by atoms with Crippen molar-refractivity contribution in [2.24, 2.45) is 5.92 Å². The van der Waals surface area contributed by atoms with Gasteiger partial charge in [0.15, 0.2) is 0 Å². The van der Waals surface area contributed by atoms with Gasteiger partial charge in [-0.3, -0.25) is 9.59 Å². The predicted molar refractivity (Wildman–Crippen MR) is 130 cm³/mol. The van der Waals surface area contributed by atoms with E-state index >= 15 is 0 Å². The van der Waals surface area contributed by atoms with Gasteiger partial charge in [0.2, 0.25) is 5.91 Å². The Morgan fingerprint density at radius 3 is 2.29 bits per heavy atom. The number of ether oxygens (including phenoxy) is 2. The molecule has 4 rings (SSSR count). The fraction of sp³-hybridized carbons (Fsp3) is 0.444. The Bertz CT molecular complexity index is 1050. The van der Waals surface area contributed by atoms with Crippen molar-refractivity contribution in [1.29, 1.82) is 0 Å². The average molecular weight is 481 g/mol. The zero-order valence-electron chi connectivity index (χ0n) is 20.1. The minimum Gasteiger partial charge on any atom is -0.481 e. The summed E-state index contributed by atoms with van der Waals surface area (Å²) in [5, 5.41) is 14.7. The Balaban J connectivity index is 1.22. The van der Waals surface area contributed by atoms with Crippen LogP contribution in [0.2, 0.25) is 0 Å². The van der Waals surface area contributed by atoms with Crippen LogP contribution in [0, 0.1) is 5.92 Å². The van der Waals surface area contributed by atoms with Crippen LogP contribution in [0.5, 0.6) is 0 Å². The van der Waals surface area contributed by atoms with Crippen LogP contribution in [0.1, 0.15) is 50.2 Å². The summed E-state index contributed by atoms with van der Waals surface area (Å²) < 4.78 is 11.0. The average Bonchev–Trinajstić information content (AvgIpc) is 3.43. The third-order valence-corrected chi connectivity index (χ3v) is 6.72. The maximum Gasteiger partial charge on any atom is 0.407 e. The number of carbonyl (C=O) groups is 3. The molecule has 1 saturated heterocycles. The molecule has 0 aromatic heterocycles. The highest BCUT2D eigenvalue weighted by atomic mass is 16.5. The molecule has 2 aromatic carbocycles. The first kappa shape index (κ1) is 24.7. The van der Waals surface area contributed by atoms with Crippen molar-refractivity contribution in [3.05, 3.63) is 59.7 Å². The van der Waals surface area contributed by atoms with E-state index in [0.717, 1.165) is 11.1 Å². The molecule has 8 heteroatoms. The second kappa shape index (κ2) is 10.5. The van der Waals surface area contributed by atoms with Crippen LogP contribution in [0.25, 0.3) is 11.1 Å². The van der Waals surface area contributed by atoms with Crippen molar-refractivity contribution in [1.82, 2.24) is 10.6 Å². The van der Waals surface area contributed by atoms with Gasteiger partial charge in [-0.2, -0.15) is 0 Å². The molecule has 8 nitrogen and oxygen atoms in total. The maximum absolute atomic E-state index is 12.6. The van der Waals surface area contributed by atoms with E-state index in [2.05, 4.69) is 34.9 Å². The van der Waals surface area contributed by atoms with Crippen LogP contribution >= 0.6 is 0 Å². The van der Waals surface area contributed by atoms with E-state index in [1.807, 2.05) is 38.1 Å². The number of nitrogens with one attached hydrogen (secondary N) is 2. The summed E-state index contributed by atoms with van der Waals surface area (Å²) in [4.78, 5) is 35.8. The third-order valence-electron chi connectivity index (χ3n) is 6.72. The number of benzene rings is 2. The van der Waals surface area contributed by atoms with Gasteiger partial charge in [0, 0.05) is 24.4 Å². The number of carbonyl (C=O) groups excluding carboxylic acids is 2. The molecule has 3 N–H and O–H groups in total. The highest BCUT2D eigenvalue weighted by Crippen LogP contribution is 2.44. The van der Waals surface area contributed by atoms with Crippen LogP contribution in [-0.2, 0) is 19.1 Å². The molecular weight excluding hydrogens is 448 g/mol. The van der Waals surface area contributed by atoms with Gasteiger partial charge in [0.25, 0.3) is 0 Å². The van der Waals surface area contributed by atoms with Gasteiger partial charge in [0.1, 0.15) is 6.61 Å². The Kier molecular flexibility index (Phi) is 7.40. The predicted octanol–water partition coefficient (Wildman–Crippen LogP) is 3.69. The number of carboxylic acids is 1. The van der Waals surface area contributed by atoms with Gasteiger partial charge in [-0.25, -0.2) is 4.79 Å². The number of amides is 2. The Hall–Kier alpha value is -3.39. The molecule has 0 bridgehead atoms. The van der Waals surface area contributed by atoms with Gasteiger partial charge in [-0.15, -0.1) is 0 Å². The fourth-order valence-electron chi connectivity index (χ4n) is 4.74. The number of alkyl carbamates (subject to hydrolysis) is 1. The lowest BCUT2D eigenvalue weighted by atomic mass is 9.98. The van der Waals surface area contributed by atoms with Crippen molar-refractivity contribution in [2.45, 2.75) is 50.7 Å². The van der Waals surface area contributed by atoms with E-state index in [1.165, 1.54) is 11.1 Å². The number of aliphatic carboxylic acids is 1. The van der Waals surface area contributed by atoms with Gasteiger partial charge >= 0.3 is 12.1 Å². The molecule has 35 heavy (non-hydrogen) atoms. The van der Waals surface area contributed by atoms with Gasteiger partial charge < -0.3 is 25.2 Å². The van der Waals surface area contributed by atoms with E-state index in [0.29, 0.717) is 12.8 Å². The first-order valence-electron chi connectivity index (χ1n) is 12.0. The molecule has 2 atom stereocenters. The van der Waals surface area contributed by atoms with Crippen molar-refractivity contribution in [3.63, 3.8) is 0 Å². The molecule has 1 fully saturated rings. The molecule has 0 saturated carbocycles. The largest absolute Gasteiger partial charge is 0.481 e. The quantitative estimate of drug-likeness (QED) is 0.504. The summed E-state index contributed by atoms with van der Waals surface area (Å²) in [7, 11) is 0. The Labute approximate surface area is 205 Å². The van der Waals surface area contributed by atoms with Crippen molar-refractivity contribution >= 4 is 18.0 Å². The van der Waals surface area contributed by atoms with Crippen LogP contribution in [0.3, 0.4) is 0 Å². The first-order chi connectivity index (χ1) is 16.7. The Morgan fingerprint density at radius 1 is 1.06 bits per heavy atom. The maximum atomic E-state index is 12.6. The third kappa shape index (κ3) is 6.00. The molecule has 0 radical (unpaired) electrons. The van der Waals surface area contributed by atoms with Crippen LogP contribution in [0.4, 0.5) is 4.79 Å². The lowest BCUT2D eigenvalue weighted by Gasteiger charge is -2.26. The zero-order chi connectivity index (χ0) is 25.0. The molecular formula is C27H32N2O6. The monoisotopic (exact) mass is 480 g/mol. The van der Waals surface area contributed by atoms with E-state index in [4.69, 9.17) is 14.6 Å². The van der Waals surface area contributed by atoms with Crippen LogP contribution < -0.4 is 10.6 Å². The second-order valence-corrected chi connectivity index (χ2v) is 9.86. The lowest BCUT2D eigenvalue weighted by Crippen LogP contribution is -2.45. The molecule has 1 aliphatic carbocycles. The van der Waals surface area contributed by atoms with Crippen molar-refractivity contribution in [2.75, 3.05) is 19.8 Å². The molecule has 0 unspecified atom stereocenters. The van der Waals surface area contributed by atoms with E-state index < -0.39 is 23.5 Å². The molecule has 2 aromatic rings. The molecule has 1 heterocycles. The summed E-state index contributed by atoms with van der Waals surface area (Å²) in [5.74, 6) is -1.58.